The summed E-state index contributed by atoms with van der Waals surface area (Å²) in [4.78, 5) is 0. The minimum Gasteiger partial charge on any atom is -0.211 e. The molecule has 0 aliphatic heterocycles. The van der Waals surface area contributed by atoms with Crippen LogP contribution in [0.3, 0.4) is 0 Å². The molecule has 0 fully saturated rings. The van der Waals surface area contributed by atoms with Crippen LogP contribution in [-0.4, -0.2) is 36.7 Å². The third-order valence-corrected chi connectivity index (χ3v) is 0. The van der Waals surface area contributed by atoms with E-state index in [0.717, 1.165) is 0 Å². The van der Waals surface area contributed by atoms with Crippen LogP contribution in [0.25, 0.3) is 0 Å². The van der Waals surface area contributed by atoms with Crippen molar-refractivity contribution in [3.63, 3.8) is 0 Å². The Hall–Kier alpha value is 0.859. The Morgan fingerprint density at radius 3 is 0.833 bits per heavy atom. The molecule has 36 valence electrons. The van der Waals surface area contributed by atoms with E-state index in [4.69, 9.17) is 0 Å². The van der Waals surface area contributed by atoms with Crippen LogP contribution in [0.15, 0.2) is 0 Å². The van der Waals surface area contributed by atoms with Gasteiger partial charge in [0, 0.05) is 27.3 Å². The third kappa shape index (κ3) is 98.1. The zero-order chi connectivity index (χ0) is 4.50. The van der Waals surface area contributed by atoms with Crippen LogP contribution in [0.1, 0.15) is 0 Å². The van der Waals surface area contributed by atoms with Crippen molar-refractivity contribution in [3.8, 4) is 0 Å². The van der Waals surface area contributed by atoms with E-state index < -0.39 is 9.41 Å². The van der Waals surface area contributed by atoms with Gasteiger partial charge < -0.3 is 0 Å². The van der Waals surface area contributed by atoms with Gasteiger partial charge in [0.2, 0.25) is 0 Å². The van der Waals surface area contributed by atoms with Gasteiger partial charge in [-0.2, -0.15) is 0 Å². The van der Waals surface area contributed by atoms with E-state index in [-0.39, 0.29) is 27.3 Å². The molecule has 0 bridgehead atoms. The maximum Gasteiger partial charge on any atom is 0.844 e. The Morgan fingerprint density at radius 1 is 0.833 bits per heavy atom. The summed E-state index contributed by atoms with van der Waals surface area (Å²) in [5.41, 5.74) is 0. The summed E-state index contributed by atoms with van der Waals surface area (Å²) in [6.45, 7) is 0. The normalized spacial score (nSPS) is 10.0. The van der Waals surface area contributed by atoms with Gasteiger partial charge in [0.15, 0.2) is 0 Å². The monoisotopic (exact) mass is 312 g/mol. The molecule has 0 saturated heterocycles. The molecule has 4 radical (unpaired) electrons. The molecule has 0 rings (SSSR count). The second-order valence-electron chi connectivity index (χ2n) is 0.429. The molecule has 0 nitrogen and oxygen atoms in total. The van der Waals surface area contributed by atoms with Crippen LogP contribution in [-0.2, 0) is 0 Å². The van der Waals surface area contributed by atoms with Gasteiger partial charge in [-0.3, -0.25) is 0 Å². The average molecular weight is 311 g/mol. The Bertz CT molecular complexity index is 23.0. The van der Waals surface area contributed by atoms with Gasteiger partial charge in [-0.1, -0.05) is 0 Å². The molecule has 0 amide bonds. The molecular formula is F4PbSi. The third-order valence-electron chi connectivity index (χ3n) is 0. The van der Waals surface area contributed by atoms with Crippen molar-refractivity contribution in [1.82, 2.24) is 0 Å². The minimum atomic E-state index is -6.61. The van der Waals surface area contributed by atoms with E-state index in [1.54, 1.807) is 0 Å². The molecule has 6 heteroatoms. The standard InChI is InChI=1S/F4Si.Pb/c1-5(2,3)4;. The molecule has 6 heavy (non-hydrogen) atoms. The topological polar surface area (TPSA) is 0 Å². The summed E-state index contributed by atoms with van der Waals surface area (Å²) in [7, 11) is -6.61. The SMILES string of the molecule is F[Si](F)(F)F.[Pb]. The Balaban J connectivity index is 0. The van der Waals surface area contributed by atoms with Gasteiger partial charge in [0.25, 0.3) is 0 Å². The number of hydrogen-bond donors (Lipinski definition) is 0. The van der Waals surface area contributed by atoms with E-state index >= 15 is 0 Å². The minimum absolute atomic E-state index is 0. The molecule has 0 unspecified atom stereocenters. The fourth-order valence-electron chi connectivity index (χ4n) is 0. The van der Waals surface area contributed by atoms with Crippen LogP contribution < -0.4 is 0 Å². The van der Waals surface area contributed by atoms with Gasteiger partial charge in [-0.25, -0.2) is 16.4 Å². The summed E-state index contributed by atoms with van der Waals surface area (Å²) < 4.78 is 39.3. The van der Waals surface area contributed by atoms with Crippen LogP contribution >= 0.6 is 0 Å². The molecule has 0 atom stereocenters. The van der Waals surface area contributed by atoms with E-state index in [2.05, 4.69) is 0 Å². The van der Waals surface area contributed by atoms with E-state index in [1.807, 2.05) is 0 Å². The Morgan fingerprint density at radius 2 is 0.833 bits per heavy atom. The van der Waals surface area contributed by atoms with Crippen molar-refractivity contribution in [3.05, 3.63) is 0 Å². The van der Waals surface area contributed by atoms with Gasteiger partial charge in [0.05, 0.1) is 0 Å². The van der Waals surface area contributed by atoms with E-state index in [9.17, 15) is 16.4 Å². The largest absolute Gasteiger partial charge is 0.844 e. The first-order valence-corrected chi connectivity index (χ1v) is 2.27. The average Bonchev–Trinajstić information content (AvgIpc) is 0.722. The molecule has 0 aromatic heterocycles. The zero-order valence-electron chi connectivity index (χ0n) is 2.51. The van der Waals surface area contributed by atoms with Crippen molar-refractivity contribution in [2.24, 2.45) is 0 Å². The molecule has 0 aliphatic rings. The maximum atomic E-state index is 9.83. The molecule has 0 heterocycles. The van der Waals surface area contributed by atoms with Crippen molar-refractivity contribution in [2.75, 3.05) is 0 Å². The molecule has 0 N–H and O–H groups in total. The summed E-state index contributed by atoms with van der Waals surface area (Å²) in [6.07, 6.45) is 0. The first kappa shape index (κ1) is 9.97. The van der Waals surface area contributed by atoms with Crippen molar-refractivity contribution in [2.45, 2.75) is 0 Å². The summed E-state index contributed by atoms with van der Waals surface area (Å²) in [5.74, 6) is 0. The van der Waals surface area contributed by atoms with E-state index in [0.29, 0.717) is 0 Å². The maximum absolute atomic E-state index is 9.83. The van der Waals surface area contributed by atoms with Crippen molar-refractivity contribution in [1.29, 1.82) is 0 Å². The van der Waals surface area contributed by atoms with Gasteiger partial charge >= 0.3 is 9.41 Å². The fraction of sp³-hybridized carbons (Fsp3) is 0. The van der Waals surface area contributed by atoms with Crippen molar-refractivity contribution >= 4 is 36.7 Å². The summed E-state index contributed by atoms with van der Waals surface area (Å²) in [6, 6.07) is 0. The second-order valence-corrected chi connectivity index (χ2v) is 1.29. The molecule has 0 saturated carbocycles. The molecule has 0 aromatic carbocycles. The van der Waals surface area contributed by atoms with Crippen molar-refractivity contribution < 1.29 is 16.4 Å². The van der Waals surface area contributed by atoms with Crippen LogP contribution in [0.5, 0.6) is 0 Å². The molecule has 0 aromatic rings. The second kappa shape index (κ2) is 2.94. The predicted octanol–water partition coefficient (Wildman–Crippen LogP) is 0.919. The zero-order valence-corrected chi connectivity index (χ0v) is 7.40. The predicted molar refractivity (Wildman–Crippen MR) is 15.9 cm³/mol. The molecular weight excluding hydrogens is 311 g/mol. The summed E-state index contributed by atoms with van der Waals surface area (Å²) in [5, 5.41) is 0. The van der Waals surface area contributed by atoms with Crippen LogP contribution in [0.4, 0.5) is 16.4 Å². The van der Waals surface area contributed by atoms with Crippen LogP contribution in [0, 0.1) is 0 Å². The Kier molecular flexibility index (Phi) is 4.89. The summed E-state index contributed by atoms with van der Waals surface area (Å²) >= 11 is 0. The number of rotatable bonds is 0. The quantitative estimate of drug-likeness (QED) is 0.355. The Labute approximate surface area is 53.4 Å². The first-order valence-electron chi connectivity index (χ1n) is 0.756. The first-order chi connectivity index (χ1) is 2.00. The van der Waals surface area contributed by atoms with Gasteiger partial charge in [0.1, 0.15) is 0 Å². The number of hydrogen-bond acceptors (Lipinski definition) is 0. The molecule has 0 aliphatic carbocycles. The van der Waals surface area contributed by atoms with Gasteiger partial charge in [-0.05, 0) is 0 Å². The number of halogens is 4. The van der Waals surface area contributed by atoms with E-state index in [1.165, 1.54) is 0 Å². The van der Waals surface area contributed by atoms with Crippen LogP contribution in [0.2, 0.25) is 0 Å². The smallest absolute Gasteiger partial charge is 0.211 e. The fourth-order valence-corrected chi connectivity index (χ4v) is 0. The molecule has 0 spiro atoms. The van der Waals surface area contributed by atoms with Gasteiger partial charge in [-0.15, -0.1) is 0 Å².